The lowest BCUT2D eigenvalue weighted by molar-refractivity contribution is 0.183. The molecule has 5 nitrogen and oxygen atoms in total. The number of fused-ring (bicyclic) bond motifs is 1. The molecule has 0 saturated carbocycles. The van der Waals surface area contributed by atoms with Crippen molar-refractivity contribution in [1.82, 2.24) is 14.9 Å². The van der Waals surface area contributed by atoms with Gasteiger partial charge in [-0.05, 0) is 37.8 Å². The predicted octanol–water partition coefficient (Wildman–Crippen LogP) is 1.04. The molecule has 3 N–H and O–H groups in total. The Labute approximate surface area is 113 Å². The molecule has 1 aromatic heterocycles. The number of nitrogens with one attached hydrogen (secondary N) is 1. The average molecular weight is 262 g/mol. The summed E-state index contributed by atoms with van der Waals surface area (Å²) in [5.74, 6) is 0.238. The summed E-state index contributed by atoms with van der Waals surface area (Å²) < 4.78 is 0. The van der Waals surface area contributed by atoms with Crippen molar-refractivity contribution >= 4 is 5.95 Å². The molecule has 1 unspecified atom stereocenters. The minimum Gasteiger partial charge on any atom is -0.369 e. The molecule has 0 aromatic carbocycles. The molecule has 2 aliphatic rings. The van der Waals surface area contributed by atoms with E-state index in [0.29, 0.717) is 6.04 Å². The molecular weight excluding hydrogens is 240 g/mol. The van der Waals surface area contributed by atoms with Crippen molar-refractivity contribution in [2.45, 2.75) is 51.0 Å². The molecule has 1 fully saturated rings. The van der Waals surface area contributed by atoms with Gasteiger partial charge in [-0.3, -0.25) is 14.7 Å². The average Bonchev–Trinajstić information content (AvgIpc) is 2.78. The Kier molecular flexibility index (Phi) is 2.89. The SMILES string of the molecule is CC1(C)CC(N2CCCC2)Cc2nc(N)[nH]c(=O)c21. The van der Waals surface area contributed by atoms with Crippen LogP contribution in [0.3, 0.4) is 0 Å². The van der Waals surface area contributed by atoms with Gasteiger partial charge >= 0.3 is 0 Å². The zero-order valence-corrected chi connectivity index (χ0v) is 11.7. The van der Waals surface area contributed by atoms with Crippen LogP contribution in [0.4, 0.5) is 5.95 Å². The van der Waals surface area contributed by atoms with Crippen molar-refractivity contribution in [3.63, 3.8) is 0 Å². The minimum absolute atomic E-state index is 0.0626. The second kappa shape index (κ2) is 4.34. The van der Waals surface area contributed by atoms with Crippen LogP contribution in [0.15, 0.2) is 4.79 Å². The second-order valence-electron chi connectivity index (χ2n) is 6.46. The van der Waals surface area contributed by atoms with Gasteiger partial charge < -0.3 is 5.73 Å². The number of nitrogens with zero attached hydrogens (tertiary/aromatic N) is 2. The third kappa shape index (κ3) is 2.16. The topological polar surface area (TPSA) is 75.0 Å². The summed E-state index contributed by atoms with van der Waals surface area (Å²) in [6.45, 7) is 6.63. The molecule has 0 spiro atoms. The number of aromatic nitrogens is 2. The van der Waals surface area contributed by atoms with Crippen LogP contribution in [0.25, 0.3) is 0 Å². The van der Waals surface area contributed by atoms with Crippen molar-refractivity contribution < 1.29 is 0 Å². The van der Waals surface area contributed by atoms with E-state index in [1.165, 1.54) is 25.9 Å². The molecule has 0 amide bonds. The number of likely N-dealkylation sites (tertiary alicyclic amines) is 1. The molecule has 3 rings (SSSR count). The fourth-order valence-electron chi connectivity index (χ4n) is 3.74. The van der Waals surface area contributed by atoms with E-state index < -0.39 is 0 Å². The van der Waals surface area contributed by atoms with E-state index in [2.05, 4.69) is 28.7 Å². The number of rotatable bonds is 1. The van der Waals surface area contributed by atoms with Gasteiger partial charge in [0.2, 0.25) is 5.95 Å². The van der Waals surface area contributed by atoms with Gasteiger partial charge in [-0.15, -0.1) is 0 Å². The molecule has 1 aliphatic carbocycles. The van der Waals surface area contributed by atoms with Gasteiger partial charge in [-0.1, -0.05) is 13.8 Å². The van der Waals surface area contributed by atoms with Crippen LogP contribution in [0.2, 0.25) is 0 Å². The van der Waals surface area contributed by atoms with Gasteiger partial charge in [-0.2, -0.15) is 0 Å². The highest BCUT2D eigenvalue weighted by molar-refractivity contribution is 5.34. The van der Waals surface area contributed by atoms with Crippen LogP contribution in [0.5, 0.6) is 0 Å². The fourth-order valence-corrected chi connectivity index (χ4v) is 3.74. The minimum atomic E-state index is -0.130. The zero-order valence-electron chi connectivity index (χ0n) is 11.7. The van der Waals surface area contributed by atoms with Gasteiger partial charge in [0.25, 0.3) is 5.56 Å². The Hall–Kier alpha value is -1.36. The number of hydrogen-bond donors (Lipinski definition) is 2. The molecule has 5 heteroatoms. The summed E-state index contributed by atoms with van der Waals surface area (Å²) in [7, 11) is 0. The smallest absolute Gasteiger partial charge is 0.256 e. The van der Waals surface area contributed by atoms with Crippen molar-refractivity contribution in [2.24, 2.45) is 0 Å². The molecule has 0 radical (unpaired) electrons. The van der Waals surface area contributed by atoms with Crippen LogP contribution in [-0.4, -0.2) is 34.0 Å². The molecule has 1 aromatic rings. The molecule has 104 valence electrons. The van der Waals surface area contributed by atoms with Gasteiger partial charge in [0.1, 0.15) is 0 Å². The van der Waals surface area contributed by atoms with E-state index in [0.717, 1.165) is 24.1 Å². The quantitative estimate of drug-likeness (QED) is 0.793. The monoisotopic (exact) mass is 262 g/mol. The summed E-state index contributed by atoms with van der Waals surface area (Å²) in [6.07, 6.45) is 4.45. The van der Waals surface area contributed by atoms with Crippen molar-refractivity contribution in [2.75, 3.05) is 18.8 Å². The van der Waals surface area contributed by atoms with Crippen LogP contribution in [-0.2, 0) is 11.8 Å². The Morgan fingerprint density at radius 2 is 2.05 bits per heavy atom. The Morgan fingerprint density at radius 3 is 2.74 bits per heavy atom. The van der Waals surface area contributed by atoms with E-state index in [1.807, 2.05) is 0 Å². The lowest BCUT2D eigenvalue weighted by Crippen LogP contribution is -2.46. The lowest BCUT2D eigenvalue weighted by Gasteiger charge is -2.40. The van der Waals surface area contributed by atoms with Crippen molar-refractivity contribution in [3.8, 4) is 0 Å². The number of nitrogens with two attached hydrogens (primary N) is 1. The molecule has 19 heavy (non-hydrogen) atoms. The van der Waals surface area contributed by atoms with E-state index in [9.17, 15) is 4.79 Å². The maximum absolute atomic E-state index is 12.1. The van der Waals surface area contributed by atoms with E-state index in [-0.39, 0.29) is 16.9 Å². The van der Waals surface area contributed by atoms with E-state index in [4.69, 9.17) is 5.73 Å². The van der Waals surface area contributed by atoms with Crippen LogP contribution in [0, 0.1) is 0 Å². The summed E-state index contributed by atoms with van der Waals surface area (Å²) in [5.41, 5.74) is 7.23. The summed E-state index contributed by atoms with van der Waals surface area (Å²) in [5, 5.41) is 0. The first kappa shape index (κ1) is 12.7. The maximum Gasteiger partial charge on any atom is 0.256 e. The molecule has 1 saturated heterocycles. The van der Waals surface area contributed by atoms with Gasteiger partial charge in [0, 0.05) is 18.0 Å². The van der Waals surface area contributed by atoms with E-state index in [1.54, 1.807) is 0 Å². The summed E-state index contributed by atoms with van der Waals surface area (Å²) in [4.78, 5) is 21.7. The first-order valence-electron chi connectivity index (χ1n) is 7.10. The molecule has 2 heterocycles. The maximum atomic E-state index is 12.1. The Bertz CT molecular complexity index is 543. The van der Waals surface area contributed by atoms with Crippen molar-refractivity contribution in [3.05, 3.63) is 21.6 Å². The summed E-state index contributed by atoms with van der Waals surface area (Å²) in [6, 6.07) is 0.499. The number of aromatic amines is 1. The highest BCUT2D eigenvalue weighted by Gasteiger charge is 2.39. The Morgan fingerprint density at radius 1 is 1.37 bits per heavy atom. The van der Waals surface area contributed by atoms with Gasteiger partial charge in [0.15, 0.2) is 0 Å². The highest BCUT2D eigenvalue weighted by Crippen LogP contribution is 2.36. The highest BCUT2D eigenvalue weighted by atomic mass is 16.1. The van der Waals surface area contributed by atoms with E-state index >= 15 is 0 Å². The van der Waals surface area contributed by atoms with Crippen LogP contribution >= 0.6 is 0 Å². The molecule has 0 bridgehead atoms. The largest absolute Gasteiger partial charge is 0.369 e. The predicted molar refractivity (Wildman–Crippen MR) is 75.2 cm³/mol. The Balaban J connectivity index is 2.01. The molecule has 1 aliphatic heterocycles. The standard InChI is InChI=1S/C14H22N4O/c1-14(2)8-9(18-5-3-4-6-18)7-10-11(14)12(19)17-13(15)16-10/h9H,3-8H2,1-2H3,(H3,15,16,17,19). The number of hydrogen-bond acceptors (Lipinski definition) is 4. The number of anilines is 1. The third-order valence-electron chi connectivity index (χ3n) is 4.52. The first-order valence-corrected chi connectivity index (χ1v) is 7.10. The normalized spacial score (nSPS) is 26.3. The summed E-state index contributed by atoms with van der Waals surface area (Å²) >= 11 is 0. The number of H-pyrrole nitrogens is 1. The number of nitrogen functional groups attached to an aromatic ring is 1. The second-order valence-corrected chi connectivity index (χ2v) is 6.46. The fraction of sp³-hybridized carbons (Fsp3) is 0.714. The van der Waals surface area contributed by atoms with Gasteiger partial charge in [-0.25, -0.2) is 4.98 Å². The van der Waals surface area contributed by atoms with Crippen LogP contribution < -0.4 is 11.3 Å². The van der Waals surface area contributed by atoms with Crippen molar-refractivity contribution in [1.29, 1.82) is 0 Å². The lowest BCUT2D eigenvalue weighted by atomic mass is 9.72. The van der Waals surface area contributed by atoms with Crippen LogP contribution in [0.1, 0.15) is 44.4 Å². The third-order valence-corrected chi connectivity index (χ3v) is 4.52. The zero-order chi connectivity index (χ0) is 13.6. The van der Waals surface area contributed by atoms with Gasteiger partial charge in [0.05, 0.1) is 5.69 Å². The first-order chi connectivity index (χ1) is 8.97. The molecule has 1 atom stereocenters. The molecular formula is C14H22N4O.